The number of carbonyl (C=O) groups excluding carboxylic acids is 1. The molecular formula is C13H13F4NO4. The van der Waals surface area contributed by atoms with Crippen molar-refractivity contribution in [2.45, 2.75) is 25.1 Å². The number of carboxylic acids is 1. The standard InChI is InChI=1S/C13H13F4NO4/c1-22-9-3-2-7(6-8(9)14)11(12(20)21)18-10(19)4-5-13(15,16)17/h2-3,6,11H,4-5H2,1H3,(H,18,19)(H,20,21). The van der Waals surface area contributed by atoms with Crippen molar-refractivity contribution < 1.29 is 37.0 Å². The molecule has 1 aromatic rings. The normalized spacial score (nSPS) is 12.6. The maximum atomic E-state index is 13.5. The van der Waals surface area contributed by atoms with Gasteiger partial charge in [0.25, 0.3) is 0 Å². The summed E-state index contributed by atoms with van der Waals surface area (Å²) in [5.74, 6) is -3.60. The Morgan fingerprint density at radius 3 is 2.45 bits per heavy atom. The number of alkyl halides is 3. The van der Waals surface area contributed by atoms with E-state index in [0.717, 1.165) is 12.1 Å². The number of halogens is 4. The number of hydrogen-bond donors (Lipinski definition) is 2. The van der Waals surface area contributed by atoms with Gasteiger partial charge in [-0.05, 0) is 17.7 Å². The molecule has 1 aromatic carbocycles. The third-order valence-corrected chi connectivity index (χ3v) is 2.70. The minimum atomic E-state index is -4.53. The first-order valence-corrected chi connectivity index (χ1v) is 6.06. The van der Waals surface area contributed by atoms with E-state index in [-0.39, 0.29) is 11.3 Å². The van der Waals surface area contributed by atoms with E-state index in [2.05, 4.69) is 4.74 Å². The molecular weight excluding hydrogens is 310 g/mol. The maximum absolute atomic E-state index is 13.5. The molecule has 1 rings (SSSR count). The number of nitrogens with one attached hydrogen (secondary N) is 1. The Bertz CT molecular complexity index is 559. The zero-order chi connectivity index (χ0) is 16.9. The molecule has 1 atom stereocenters. The van der Waals surface area contributed by atoms with Gasteiger partial charge in [-0.25, -0.2) is 9.18 Å². The third-order valence-electron chi connectivity index (χ3n) is 2.70. The van der Waals surface area contributed by atoms with E-state index >= 15 is 0 Å². The quantitative estimate of drug-likeness (QED) is 0.788. The largest absolute Gasteiger partial charge is 0.494 e. The van der Waals surface area contributed by atoms with Gasteiger partial charge in [0.15, 0.2) is 17.6 Å². The summed E-state index contributed by atoms with van der Waals surface area (Å²) >= 11 is 0. The highest BCUT2D eigenvalue weighted by molar-refractivity contribution is 5.84. The van der Waals surface area contributed by atoms with Crippen LogP contribution in [0.15, 0.2) is 18.2 Å². The van der Waals surface area contributed by atoms with Gasteiger partial charge in [0.2, 0.25) is 5.91 Å². The van der Waals surface area contributed by atoms with E-state index in [9.17, 15) is 27.2 Å². The van der Waals surface area contributed by atoms with Crippen molar-refractivity contribution in [1.29, 1.82) is 0 Å². The number of rotatable bonds is 6. The maximum Gasteiger partial charge on any atom is 0.389 e. The van der Waals surface area contributed by atoms with E-state index in [1.807, 2.05) is 5.32 Å². The van der Waals surface area contributed by atoms with Gasteiger partial charge in [-0.15, -0.1) is 0 Å². The first-order valence-electron chi connectivity index (χ1n) is 6.06. The molecule has 0 fully saturated rings. The van der Waals surface area contributed by atoms with Crippen LogP contribution in [-0.4, -0.2) is 30.3 Å². The van der Waals surface area contributed by atoms with Crippen LogP contribution in [0.3, 0.4) is 0 Å². The SMILES string of the molecule is COc1ccc(C(NC(=O)CCC(F)(F)F)C(=O)O)cc1F. The van der Waals surface area contributed by atoms with Crippen LogP contribution in [0.5, 0.6) is 5.75 Å². The Balaban J connectivity index is 2.84. The number of benzene rings is 1. The number of hydrogen-bond acceptors (Lipinski definition) is 3. The van der Waals surface area contributed by atoms with Crippen LogP contribution >= 0.6 is 0 Å². The van der Waals surface area contributed by atoms with Gasteiger partial charge in [-0.1, -0.05) is 6.07 Å². The van der Waals surface area contributed by atoms with Gasteiger partial charge in [-0.3, -0.25) is 4.79 Å². The highest BCUT2D eigenvalue weighted by Gasteiger charge is 2.29. The molecule has 0 aromatic heterocycles. The molecule has 0 radical (unpaired) electrons. The number of ether oxygens (including phenoxy) is 1. The second-order valence-electron chi connectivity index (χ2n) is 4.35. The Kier molecular flexibility index (Phi) is 5.72. The fourth-order valence-electron chi connectivity index (χ4n) is 1.64. The van der Waals surface area contributed by atoms with Crippen molar-refractivity contribution in [3.05, 3.63) is 29.6 Å². The predicted molar refractivity (Wildman–Crippen MR) is 66.8 cm³/mol. The average molecular weight is 323 g/mol. The molecule has 0 aliphatic heterocycles. The summed E-state index contributed by atoms with van der Waals surface area (Å²) in [6.45, 7) is 0. The first kappa shape index (κ1) is 17.7. The Morgan fingerprint density at radius 1 is 1.36 bits per heavy atom. The monoisotopic (exact) mass is 323 g/mol. The summed E-state index contributed by atoms with van der Waals surface area (Å²) < 4.78 is 54.2. The van der Waals surface area contributed by atoms with Crippen molar-refractivity contribution >= 4 is 11.9 Å². The van der Waals surface area contributed by atoms with E-state index in [1.165, 1.54) is 13.2 Å². The predicted octanol–water partition coefficient (Wildman–Crippen LogP) is 2.42. The zero-order valence-corrected chi connectivity index (χ0v) is 11.4. The van der Waals surface area contributed by atoms with Crippen LogP contribution in [0.25, 0.3) is 0 Å². The molecule has 22 heavy (non-hydrogen) atoms. The van der Waals surface area contributed by atoms with Crippen molar-refractivity contribution in [3.63, 3.8) is 0 Å². The van der Waals surface area contributed by atoms with Crippen LogP contribution in [0.4, 0.5) is 17.6 Å². The number of carbonyl (C=O) groups is 2. The molecule has 0 spiro atoms. The van der Waals surface area contributed by atoms with Crippen molar-refractivity contribution in [2.24, 2.45) is 0 Å². The van der Waals surface area contributed by atoms with Gasteiger partial charge in [0.05, 0.1) is 13.5 Å². The third kappa shape index (κ3) is 5.23. The van der Waals surface area contributed by atoms with Crippen LogP contribution in [0, 0.1) is 5.82 Å². The van der Waals surface area contributed by atoms with Gasteiger partial charge in [0, 0.05) is 6.42 Å². The number of aliphatic carboxylic acids is 1. The molecule has 9 heteroatoms. The van der Waals surface area contributed by atoms with Crippen molar-refractivity contribution in [2.75, 3.05) is 7.11 Å². The minimum absolute atomic E-state index is 0.119. The Hall–Kier alpha value is -2.32. The molecule has 1 unspecified atom stereocenters. The molecule has 0 bridgehead atoms. The highest BCUT2D eigenvalue weighted by atomic mass is 19.4. The number of carboxylic acid groups (broad SMARTS) is 1. The lowest BCUT2D eigenvalue weighted by molar-refractivity contribution is -0.147. The van der Waals surface area contributed by atoms with E-state index < -0.39 is 42.8 Å². The van der Waals surface area contributed by atoms with Crippen molar-refractivity contribution in [1.82, 2.24) is 5.32 Å². The highest BCUT2D eigenvalue weighted by Crippen LogP contribution is 2.24. The first-order chi connectivity index (χ1) is 10.1. The molecule has 122 valence electrons. The van der Waals surface area contributed by atoms with Crippen LogP contribution in [0.1, 0.15) is 24.4 Å². The van der Waals surface area contributed by atoms with Crippen LogP contribution in [-0.2, 0) is 9.59 Å². The lowest BCUT2D eigenvalue weighted by Crippen LogP contribution is -2.34. The summed E-state index contributed by atoms with van der Waals surface area (Å²) in [5, 5.41) is 11.0. The van der Waals surface area contributed by atoms with Crippen LogP contribution in [0.2, 0.25) is 0 Å². The van der Waals surface area contributed by atoms with E-state index in [1.54, 1.807) is 0 Å². The average Bonchev–Trinajstić information content (AvgIpc) is 2.41. The second kappa shape index (κ2) is 7.10. The summed E-state index contributed by atoms with van der Waals surface area (Å²) in [6, 6.07) is 1.54. The summed E-state index contributed by atoms with van der Waals surface area (Å²) in [7, 11) is 1.21. The van der Waals surface area contributed by atoms with Gasteiger partial charge < -0.3 is 15.2 Å². The smallest absolute Gasteiger partial charge is 0.389 e. The summed E-state index contributed by atoms with van der Waals surface area (Å²) in [5.41, 5.74) is -0.119. The topological polar surface area (TPSA) is 75.6 Å². The lowest BCUT2D eigenvalue weighted by Gasteiger charge is -2.16. The molecule has 0 saturated heterocycles. The fraction of sp³-hybridized carbons (Fsp3) is 0.385. The van der Waals surface area contributed by atoms with Crippen molar-refractivity contribution in [3.8, 4) is 5.75 Å². The Labute approximate surface area is 122 Å². The molecule has 0 aliphatic rings. The van der Waals surface area contributed by atoms with E-state index in [0.29, 0.717) is 0 Å². The molecule has 1 amide bonds. The van der Waals surface area contributed by atoms with E-state index in [4.69, 9.17) is 5.11 Å². The van der Waals surface area contributed by atoms with Crippen LogP contribution < -0.4 is 10.1 Å². The fourth-order valence-corrected chi connectivity index (χ4v) is 1.64. The second-order valence-corrected chi connectivity index (χ2v) is 4.35. The lowest BCUT2D eigenvalue weighted by atomic mass is 10.1. The van der Waals surface area contributed by atoms with Gasteiger partial charge in [0.1, 0.15) is 0 Å². The number of methoxy groups -OCH3 is 1. The molecule has 0 aliphatic carbocycles. The number of amides is 1. The Morgan fingerprint density at radius 2 is 2.00 bits per heavy atom. The molecule has 0 heterocycles. The molecule has 2 N–H and O–H groups in total. The zero-order valence-electron chi connectivity index (χ0n) is 11.4. The minimum Gasteiger partial charge on any atom is -0.494 e. The molecule has 0 saturated carbocycles. The van der Waals surface area contributed by atoms with Gasteiger partial charge >= 0.3 is 12.1 Å². The summed E-state index contributed by atoms with van der Waals surface area (Å²) in [4.78, 5) is 22.5. The van der Waals surface area contributed by atoms with Gasteiger partial charge in [-0.2, -0.15) is 13.2 Å². The summed E-state index contributed by atoms with van der Waals surface area (Å²) in [6.07, 6.45) is -6.81. The molecule has 5 nitrogen and oxygen atoms in total.